The topological polar surface area (TPSA) is 91.2 Å². The third kappa shape index (κ3) is 4.71. The smallest absolute Gasteiger partial charge is 0.339 e. The molecule has 0 fully saturated rings. The lowest BCUT2D eigenvalue weighted by atomic mass is 10.1. The number of benzene rings is 2. The van der Waals surface area contributed by atoms with E-state index in [1.54, 1.807) is 24.3 Å². The number of nitrogens with zero attached hydrogens (tertiary/aromatic N) is 1. The minimum atomic E-state index is -0.512. The summed E-state index contributed by atoms with van der Waals surface area (Å²) in [6.45, 7) is 1.84. The minimum Gasteiger partial charge on any atom is -0.465 e. The van der Waals surface area contributed by atoms with Crippen molar-refractivity contribution in [1.29, 1.82) is 5.26 Å². The summed E-state index contributed by atoms with van der Waals surface area (Å²) in [7, 11) is 1.29. The second-order valence-corrected chi connectivity index (χ2v) is 5.46. The number of methoxy groups -OCH3 is 1. The number of esters is 1. The molecular formula is C20H19N3O3. The van der Waals surface area contributed by atoms with Crippen LogP contribution in [-0.2, 0) is 9.53 Å². The van der Waals surface area contributed by atoms with Crippen molar-refractivity contribution >= 4 is 17.6 Å². The maximum Gasteiger partial charge on any atom is 0.339 e. The molecule has 0 saturated carbocycles. The van der Waals surface area contributed by atoms with Crippen molar-refractivity contribution in [1.82, 2.24) is 5.32 Å². The molecule has 0 aliphatic rings. The Morgan fingerprint density at radius 1 is 1.12 bits per heavy atom. The van der Waals surface area contributed by atoms with Gasteiger partial charge in [-0.1, -0.05) is 42.5 Å². The number of amides is 1. The monoisotopic (exact) mass is 349 g/mol. The third-order valence-corrected chi connectivity index (χ3v) is 3.72. The Morgan fingerprint density at radius 2 is 1.77 bits per heavy atom. The second kappa shape index (κ2) is 9.04. The van der Waals surface area contributed by atoms with Gasteiger partial charge in [0.15, 0.2) is 0 Å². The van der Waals surface area contributed by atoms with Crippen LogP contribution in [0.5, 0.6) is 0 Å². The number of carbonyl (C=O) groups is 2. The van der Waals surface area contributed by atoms with E-state index in [9.17, 15) is 14.9 Å². The lowest BCUT2D eigenvalue weighted by Gasteiger charge is -2.14. The SMILES string of the molecule is COC(=O)c1ccccc1N/C=C(/C#N)C(=O)NC(C)c1ccccc1. The molecule has 2 N–H and O–H groups in total. The fourth-order valence-corrected chi connectivity index (χ4v) is 2.29. The van der Waals surface area contributed by atoms with Gasteiger partial charge in [0.2, 0.25) is 0 Å². The molecule has 26 heavy (non-hydrogen) atoms. The quantitative estimate of drug-likeness (QED) is 0.475. The van der Waals surface area contributed by atoms with Crippen LogP contribution in [0.1, 0.15) is 28.9 Å². The Morgan fingerprint density at radius 3 is 2.42 bits per heavy atom. The zero-order valence-corrected chi connectivity index (χ0v) is 14.5. The molecule has 6 heteroatoms. The molecule has 1 amide bonds. The molecule has 0 spiro atoms. The summed E-state index contributed by atoms with van der Waals surface area (Å²) in [5, 5.41) is 14.9. The van der Waals surface area contributed by atoms with Crippen LogP contribution >= 0.6 is 0 Å². The van der Waals surface area contributed by atoms with Gasteiger partial charge >= 0.3 is 5.97 Å². The lowest BCUT2D eigenvalue weighted by Crippen LogP contribution is -2.28. The molecule has 2 rings (SSSR count). The van der Waals surface area contributed by atoms with Gasteiger partial charge in [0.1, 0.15) is 11.6 Å². The van der Waals surface area contributed by atoms with Gasteiger partial charge in [-0.05, 0) is 24.6 Å². The molecule has 132 valence electrons. The molecule has 1 atom stereocenters. The van der Waals surface area contributed by atoms with E-state index < -0.39 is 11.9 Å². The van der Waals surface area contributed by atoms with E-state index in [0.717, 1.165) is 5.56 Å². The summed E-state index contributed by atoms with van der Waals surface area (Å²) in [5.74, 6) is -1.02. The Kier molecular flexibility index (Phi) is 6.52. The molecule has 2 aromatic rings. The first-order valence-corrected chi connectivity index (χ1v) is 7.96. The van der Waals surface area contributed by atoms with Crippen LogP contribution in [0.15, 0.2) is 66.4 Å². The molecule has 6 nitrogen and oxygen atoms in total. The fraction of sp³-hybridized carbons (Fsp3) is 0.150. The molecule has 1 unspecified atom stereocenters. The van der Waals surface area contributed by atoms with Crippen LogP contribution in [0.4, 0.5) is 5.69 Å². The van der Waals surface area contributed by atoms with Crippen molar-refractivity contribution < 1.29 is 14.3 Å². The van der Waals surface area contributed by atoms with Crippen molar-refractivity contribution in [2.45, 2.75) is 13.0 Å². The lowest BCUT2D eigenvalue weighted by molar-refractivity contribution is -0.117. The zero-order chi connectivity index (χ0) is 18.9. The number of para-hydroxylation sites is 1. The molecule has 0 radical (unpaired) electrons. The highest BCUT2D eigenvalue weighted by Crippen LogP contribution is 2.17. The largest absolute Gasteiger partial charge is 0.465 e. The highest BCUT2D eigenvalue weighted by molar-refractivity contribution is 5.99. The molecule has 0 aliphatic heterocycles. The predicted octanol–water partition coefficient (Wildman–Crippen LogP) is 3.17. The third-order valence-electron chi connectivity index (χ3n) is 3.72. The first kappa shape index (κ1) is 18.7. The average Bonchev–Trinajstić information content (AvgIpc) is 2.68. The molecule has 0 bridgehead atoms. The van der Waals surface area contributed by atoms with E-state index in [4.69, 9.17) is 4.74 Å². The van der Waals surface area contributed by atoms with Crippen molar-refractivity contribution in [3.05, 3.63) is 77.5 Å². The van der Waals surface area contributed by atoms with Gasteiger partial charge in [-0.3, -0.25) is 4.79 Å². The van der Waals surface area contributed by atoms with E-state index >= 15 is 0 Å². The molecule has 0 aliphatic carbocycles. The standard InChI is InChI=1S/C20H19N3O3/c1-14(15-8-4-3-5-9-15)23-19(24)16(12-21)13-22-18-11-7-6-10-17(18)20(25)26-2/h3-11,13-14,22H,1-2H3,(H,23,24)/b16-13-. The van der Waals surface area contributed by atoms with Gasteiger partial charge in [0.25, 0.3) is 5.91 Å². The Balaban J connectivity index is 2.12. The maximum absolute atomic E-state index is 12.3. The summed E-state index contributed by atoms with van der Waals surface area (Å²) in [6, 6.07) is 17.7. The van der Waals surface area contributed by atoms with Crippen molar-refractivity contribution in [3.63, 3.8) is 0 Å². The summed E-state index contributed by atoms with van der Waals surface area (Å²) >= 11 is 0. The molecule has 0 aromatic heterocycles. The highest BCUT2D eigenvalue weighted by Gasteiger charge is 2.15. The Hall–Kier alpha value is -3.59. The van der Waals surface area contributed by atoms with E-state index in [1.165, 1.54) is 13.3 Å². The number of ether oxygens (including phenoxy) is 1. The number of nitriles is 1. The highest BCUT2D eigenvalue weighted by atomic mass is 16.5. The van der Waals surface area contributed by atoms with E-state index in [2.05, 4.69) is 10.6 Å². The van der Waals surface area contributed by atoms with E-state index in [1.807, 2.05) is 43.3 Å². The predicted molar refractivity (Wildman–Crippen MR) is 98.1 cm³/mol. The number of anilines is 1. The van der Waals surface area contributed by atoms with Crippen LogP contribution in [-0.4, -0.2) is 19.0 Å². The summed E-state index contributed by atoms with van der Waals surface area (Å²) in [5.41, 5.74) is 1.58. The maximum atomic E-state index is 12.3. The van der Waals surface area contributed by atoms with Crippen LogP contribution < -0.4 is 10.6 Å². The normalized spacial score (nSPS) is 11.8. The number of nitrogens with one attached hydrogen (secondary N) is 2. The van der Waals surface area contributed by atoms with Gasteiger partial charge in [-0.15, -0.1) is 0 Å². The van der Waals surface area contributed by atoms with E-state index in [0.29, 0.717) is 11.3 Å². The van der Waals surface area contributed by atoms with Crippen molar-refractivity contribution in [2.75, 3.05) is 12.4 Å². The Bertz CT molecular complexity index is 854. The van der Waals surface area contributed by atoms with Crippen molar-refractivity contribution in [3.8, 4) is 6.07 Å². The molecule has 0 saturated heterocycles. The summed E-state index contributed by atoms with van der Waals surface area (Å²) in [4.78, 5) is 24.1. The summed E-state index contributed by atoms with van der Waals surface area (Å²) in [6.07, 6.45) is 1.27. The first-order chi connectivity index (χ1) is 12.6. The Labute approximate surface area is 152 Å². The van der Waals surface area contributed by atoms with Gasteiger partial charge in [-0.2, -0.15) is 5.26 Å². The van der Waals surface area contributed by atoms with Gasteiger partial charge < -0.3 is 15.4 Å². The summed E-state index contributed by atoms with van der Waals surface area (Å²) < 4.78 is 4.72. The van der Waals surface area contributed by atoms with Crippen molar-refractivity contribution in [2.24, 2.45) is 0 Å². The first-order valence-electron chi connectivity index (χ1n) is 7.96. The average molecular weight is 349 g/mol. The van der Waals surface area contributed by atoms with E-state index in [-0.39, 0.29) is 11.6 Å². The number of hydrogen-bond donors (Lipinski definition) is 2. The zero-order valence-electron chi connectivity index (χ0n) is 14.5. The number of carbonyl (C=O) groups excluding carboxylic acids is 2. The number of rotatable bonds is 6. The molecule has 0 heterocycles. The van der Waals surface area contributed by atoms with Gasteiger partial charge in [0, 0.05) is 6.20 Å². The molecular weight excluding hydrogens is 330 g/mol. The molecule has 2 aromatic carbocycles. The van der Waals surface area contributed by atoms with Crippen LogP contribution in [0.25, 0.3) is 0 Å². The van der Waals surface area contributed by atoms with Gasteiger partial charge in [0.05, 0.1) is 24.4 Å². The second-order valence-electron chi connectivity index (χ2n) is 5.46. The van der Waals surface area contributed by atoms with Crippen LogP contribution in [0, 0.1) is 11.3 Å². The number of hydrogen-bond acceptors (Lipinski definition) is 5. The van der Waals surface area contributed by atoms with Crippen LogP contribution in [0.3, 0.4) is 0 Å². The fourth-order valence-electron chi connectivity index (χ4n) is 2.29. The minimum absolute atomic E-state index is 0.104. The van der Waals surface area contributed by atoms with Gasteiger partial charge in [-0.25, -0.2) is 4.79 Å². The van der Waals surface area contributed by atoms with Crippen LogP contribution in [0.2, 0.25) is 0 Å².